The summed E-state index contributed by atoms with van der Waals surface area (Å²) in [5.41, 5.74) is 3.86. The minimum absolute atomic E-state index is 0.0151. The van der Waals surface area contributed by atoms with Crippen LogP contribution in [0.2, 0.25) is 0 Å². The second kappa shape index (κ2) is 13.1. The van der Waals surface area contributed by atoms with Crippen molar-refractivity contribution in [2.75, 3.05) is 45.3 Å². The number of benzene rings is 2. The molecule has 0 saturated carbocycles. The molecule has 3 rings (SSSR count). The Bertz CT molecular complexity index is 1180. The van der Waals surface area contributed by atoms with Gasteiger partial charge in [0, 0.05) is 42.2 Å². The number of ether oxygens (including phenoxy) is 2. The highest BCUT2D eigenvalue weighted by Crippen LogP contribution is 2.34. The van der Waals surface area contributed by atoms with Crippen molar-refractivity contribution in [3.63, 3.8) is 0 Å². The maximum Gasteiger partial charge on any atom is 0.243 e. The fourth-order valence-electron chi connectivity index (χ4n) is 3.54. The third-order valence-electron chi connectivity index (χ3n) is 5.30. The molecule has 0 aliphatic heterocycles. The fraction of sp³-hybridized carbons (Fsp3) is 0.320. The lowest BCUT2D eigenvalue weighted by molar-refractivity contribution is -0.129. The largest absolute Gasteiger partial charge is 0.493 e. The van der Waals surface area contributed by atoms with Gasteiger partial charge in [0.25, 0.3) is 0 Å². The van der Waals surface area contributed by atoms with Gasteiger partial charge in [-0.05, 0) is 37.2 Å². The van der Waals surface area contributed by atoms with E-state index in [2.05, 4.69) is 21.2 Å². The highest BCUT2D eigenvalue weighted by molar-refractivity contribution is 5.93. The summed E-state index contributed by atoms with van der Waals surface area (Å²) in [6.45, 7) is 1.85. The van der Waals surface area contributed by atoms with Gasteiger partial charge in [-0.1, -0.05) is 12.0 Å². The molecule has 0 atom stereocenters. The number of carbonyl (C=O) groups is 1. The first-order valence-corrected chi connectivity index (χ1v) is 11.1. The zero-order valence-electron chi connectivity index (χ0n) is 19.5. The summed E-state index contributed by atoms with van der Waals surface area (Å²) in [5, 5.41) is 22.0. The van der Waals surface area contributed by atoms with Gasteiger partial charge in [0.15, 0.2) is 11.5 Å². The average Bonchev–Trinajstić information content (AvgIpc) is 2.88. The van der Waals surface area contributed by atoms with Gasteiger partial charge in [-0.25, -0.2) is 15.4 Å². The number of methoxy groups -OCH3 is 1. The Morgan fingerprint density at radius 2 is 2.03 bits per heavy atom. The van der Waals surface area contributed by atoms with Crippen molar-refractivity contribution in [2.45, 2.75) is 12.8 Å². The topological polar surface area (TPSA) is 129 Å². The Morgan fingerprint density at radius 3 is 2.77 bits per heavy atom. The summed E-state index contributed by atoms with van der Waals surface area (Å²) in [6, 6.07) is 11.1. The van der Waals surface area contributed by atoms with Crippen LogP contribution in [0, 0.1) is 12.3 Å². The second-order valence-electron chi connectivity index (χ2n) is 7.64. The summed E-state index contributed by atoms with van der Waals surface area (Å²) in [7, 11) is 1.56. The Morgan fingerprint density at radius 1 is 1.17 bits per heavy atom. The molecule has 35 heavy (non-hydrogen) atoms. The van der Waals surface area contributed by atoms with E-state index in [0.29, 0.717) is 55.5 Å². The maximum absolute atomic E-state index is 11.2. The number of nitrogens with zero attached hydrogens (tertiary/aromatic N) is 3. The molecule has 0 saturated heterocycles. The summed E-state index contributed by atoms with van der Waals surface area (Å²) < 4.78 is 11.5. The van der Waals surface area contributed by atoms with Crippen LogP contribution in [0.25, 0.3) is 10.9 Å². The number of aromatic nitrogens is 2. The minimum Gasteiger partial charge on any atom is -0.493 e. The molecule has 0 aliphatic rings. The lowest BCUT2D eigenvalue weighted by atomic mass is 10.2. The zero-order valence-corrected chi connectivity index (χ0v) is 19.5. The average molecular weight is 480 g/mol. The number of terminal acetylenes is 1. The number of nitrogens with one attached hydrogen (secondary N) is 2. The lowest BCUT2D eigenvalue weighted by Gasteiger charge is -2.21. The fourth-order valence-corrected chi connectivity index (χ4v) is 3.54. The van der Waals surface area contributed by atoms with Crippen LogP contribution in [0.4, 0.5) is 11.5 Å². The smallest absolute Gasteiger partial charge is 0.243 e. The molecule has 3 aromatic rings. The number of amides is 1. The third kappa shape index (κ3) is 7.28. The third-order valence-corrected chi connectivity index (χ3v) is 5.30. The van der Waals surface area contributed by atoms with Crippen LogP contribution < -0.4 is 20.3 Å². The summed E-state index contributed by atoms with van der Waals surface area (Å²) in [5.74, 6) is 3.83. The Balaban J connectivity index is 1.74. The molecule has 0 unspecified atom stereocenters. The molecule has 0 bridgehead atoms. The number of anilines is 2. The van der Waals surface area contributed by atoms with Crippen molar-refractivity contribution in [1.82, 2.24) is 20.3 Å². The zero-order chi connectivity index (χ0) is 25.0. The van der Waals surface area contributed by atoms with Crippen LogP contribution in [0.15, 0.2) is 42.7 Å². The molecule has 2 aromatic carbocycles. The second-order valence-corrected chi connectivity index (χ2v) is 7.64. The van der Waals surface area contributed by atoms with Gasteiger partial charge in [0.2, 0.25) is 5.91 Å². The number of hydroxylamine groups is 1. The van der Waals surface area contributed by atoms with E-state index >= 15 is 0 Å². The van der Waals surface area contributed by atoms with E-state index in [1.165, 1.54) is 6.33 Å². The number of aliphatic hydroxyl groups excluding tert-OH is 1. The number of fused-ring (bicyclic) bond motifs is 1. The van der Waals surface area contributed by atoms with Gasteiger partial charge in [-0.3, -0.25) is 14.9 Å². The number of carbonyl (C=O) groups excluding carboxylic acids is 1. The molecule has 1 aromatic heterocycles. The van der Waals surface area contributed by atoms with Crippen molar-refractivity contribution in [1.29, 1.82) is 0 Å². The summed E-state index contributed by atoms with van der Waals surface area (Å²) in [4.78, 5) is 21.9. The molecule has 1 amide bonds. The van der Waals surface area contributed by atoms with Crippen molar-refractivity contribution in [3.05, 3.63) is 48.3 Å². The van der Waals surface area contributed by atoms with E-state index in [0.717, 1.165) is 16.6 Å². The number of hydrogen-bond donors (Lipinski definition) is 4. The first kappa shape index (κ1) is 25.7. The van der Waals surface area contributed by atoms with E-state index in [-0.39, 0.29) is 13.0 Å². The van der Waals surface area contributed by atoms with Gasteiger partial charge >= 0.3 is 0 Å². The molecule has 0 fully saturated rings. The minimum atomic E-state index is -0.441. The van der Waals surface area contributed by atoms with Crippen LogP contribution in [0.3, 0.4) is 0 Å². The number of hydrogen-bond acceptors (Lipinski definition) is 9. The van der Waals surface area contributed by atoms with E-state index in [1.807, 2.05) is 35.2 Å². The van der Waals surface area contributed by atoms with E-state index in [9.17, 15) is 9.90 Å². The quantitative estimate of drug-likeness (QED) is 0.166. The van der Waals surface area contributed by atoms with Crippen molar-refractivity contribution < 1.29 is 24.6 Å². The molecule has 10 nitrogen and oxygen atoms in total. The van der Waals surface area contributed by atoms with E-state index in [1.54, 1.807) is 18.7 Å². The van der Waals surface area contributed by atoms with Gasteiger partial charge in [-0.15, -0.1) is 6.42 Å². The number of rotatable bonds is 13. The highest BCUT2D eigenvalue weighted by Gasteiger charge is 2.13. The van der Waals surface area contributed by atoms with Gasteiger partial charge in [0.1, 0.15) is 18.8 Å². The Hall–Kier alpha value is -3.91. The first-order chi connectivity index (χ1) is 17.1. The molecule has 184 valence electrons. The molecule has 4 N–H and O–H groups in total. The Labute approximate surface area is 203 Å². The van der Waals surface area contributed by atoms with E-state index < -0.39 is 5.91 Å². The number of aliphatic hydroxyl groups is 1. The predicted molar refractivity (Wildman–Crippen MR) is 132 cm³/mol. The maximum atomic E-state index is 11.2. The van der Waals surface area contributed by atoms with Crippen molar-refractivity contribution in [2.24, 2.45) is 0 Å². The van der Waals surface area contributed by atoms with Crippen LogP contribution in [-0.2, 0) is 4.79 Å². The molecule has 0 aliphatic carbocycles. The van der Waals surface area contributed by atoms with Crippen molar-refractivity contribution in [3.8, 4) is 23.8 Å². The van der Waals surface area contributed by atoms with Crippen LogP contribution in [-0.4, -0.2) is 71.0 Å². The van der Waals surface area contributed by atoms with Gasteiger partial charge in [-0.2, -0.15) is 0 Å². The van der Waals surface area contributed by atoms with Crippen LogP contribution >= 0.6 is 0 Å². The normalized spacial score (nSPS) is 10.7. The monoisotopic (exact) mass is 479 g/mol. The van der Waals surface area contributed by atoms with Crippen LogP contribution in [0.1, 0.15) is 18.4 Å². The molecule has 0 spiro atoms. The van der Waals surface area contributed by atoms with Gasteiger partial charge in [0.05, 0.1) is 19.2 Å². The van der Waals surface area contributed by atoms with E-state index in [4.69, 9.17) is 21.1 Å². The van der Waals surface area contributed by atoms with Crippen molar-refractivity contribution >= 4 is 28.3 Å². The van der Waals surface area contributed by atoms with Crippen LogP contribution in [0.5, 0.6) is 11.5 Å². The molecular formula is C25H29N5O5. The summed E-state index contributed by atoms with van der Waals surface area (Å²) >= 11 is 0. The SMILES string of the molecule is C#Cc1cccc(Nc2ncnc3cc(OC)c(OCCN(CCO)CCCC(=O)NO)cc23)c1. The molecule has 1 heterocycles. The molecule has 10 heteroatoms. The summed E-state index contributed by atoms with van der Waals surface area (Å²) in [6.07, 6.45) is 7.71. The molecular weight excluding hydrogens is 450 g/mol. The standard InChI is InChI=1S/C25H29N5O5/c1-3-18-6-4-7-19(14-18)28-25-20-15-23(22(34-2)16-21(20)26-17-27-25)35-13-11-30(10-12-31)9-5-8-24(32)29-33/h1,4,6-7,14-17,31,33H,5,8-13H2,2H3,(H,29,32)(H,26,27,28). The Kier molecular flexibility index (Phi) is 9.62. The highest BCUT2D eigenvalue weighted by atomic mass is 16.5. The lowest BCUT2D eigenvalue weighted by Crippen LogP contribution is -2.33. The van der Waals surface area contributed by atoms with Gasteiger partial charge < -0.3 is 19.9 Å². The molecule has 0 radical (unpaired) electrons. The predicted octanol–water partition coefficient (Wildman–Crippen LogP) is 2.32. The first-order valence-electron chi connectivity index (χ1n) is 11.1.